The van der Waals surface area contributed by atoms with E-state index in [1.54, 1.807) is 17.5 Å². The van der Waals surface area contributed by atoms with Gasteiger partial charge >= 0.3 is 34.3 Å². The summed E-state index contributed by atoms with van der Waals surface area (Å²) in [6.07, 6.45) is 0. The van der Waals surface area contributed by atoms with Crippen molar-refractivity contribution in [2.24, 2.45) is 0 Å². The summed E-state index contributed by atoms with van der Waals surface area (Å²) >= 11 is -2.25. The van der Waals surface area contributed by atoms with E-state index in [0.29, 0.717) is 0 Å². The van der Waals surface area contributed by atoms with E-state index in [2.05, 4.69) is 0 Å². The number of rotatable bonds is 0. The van der Waals surface area contributed by atoms with Gasteiger partial charge in [-0.05, 0) is 0 Å². The summed E-state index contributed by atoms with van der Waals surface area (Å²) in [5.74, 6) is 5.03. The van der Waals surface area contributed by atoms with Crippen molar-refractivity contribution in [3.63, 3.8) is 0 Å². The molecule has 0 saturated carbocycles. The fourth-order valence-corrected chi connectivity index (χ4v) is 0. The van der Waals surface area contributed by atoms with Crippen molar-refractivity contribution < 1.29 is 3.55 Å². The molecule has 5 heavy (non-hydrogen) atoms. The first-order valence-corrected chi connectivity index (χ1v) is 7.17. The molecule has 0 N–H and O–H groups in total. The minimum absolute atomic E-state index is 1.68. The van der Waals surface area contributed by atoms with Crippen molar-refractivity contribution in [2.45, 2.75) is 17.5 Å². The first-order valence-electron chi connectivity index (χ1n) is 1.38. The van der Waals surface area contributed by atoms with E-state index in [1.165, 1.54) is 0 Å². The summed E-state index contributed by atoms with van der Waals surface area (Å²) in [5, 5.41) is 0. The molecule has 0 rings (SSSR count). The van der Waals surface area contributed by atoms with Crippen LogP contribution in [0, 0.1) is 0 Å². The Kier molecular flexibility index (Phi) is 1.39. The molecule has 0 amide bonds. The van der Waals surface area contributed by atoms with Gasteiger partial charge in [-0.2, -0.15) is 0 Å². The topological polar surface area (TPSA) is 0 Å². The minimum atomic E-state index is -2.25. The summed E-state index contributed by atoms with van der Waals surface area (Å²) < 4.78 is 11.8. The van der Waals surface area contributed by atoms with Crippen LogP contribution in [0.4, 0.5) is 3.55 Å². The molecule has 0 heterocycles. The van der Waals surface area contributed by atoms with Crippen LogP contribution < -0.4 is 0 Å². The van der Waals surface area contributed by atoms with Crippen molar-refractivity contribution >= 4 is 13.3 Å². The van der Waals surface area contributed by atoms with Gasteiger partial charge in [0.25, 0.3) is 0 Å². The summed E-state index contributed by atoms with van der Waals surface area (Å²) in [7, 11) is 0. The van der Waals surface area contributed by atoms with Gasteiger partial charge in [-0.1, -0.05) is 0 Å². The third-order valence-corrected chi connectivity index (χ3v) is 0. The summed E-state index contributed by atoms with van der Waals surface area (Å²) in [5.41, 5.74) is 0. The van der Waals surface area contributed by atoms with E-state index in [-0.39, 0.29) is 0 Å². The van der Waals surface area contributed by atoms with E-state index in [0.717, 1.165) is 0 Å². The molecule has 0 atom stereocenters. The maximum atomic E-state index is 11.8. The molecule has 2 heteroatoms. The Bertz CT molecular complexity index is 22.4. The van der Waals surface area contributed by atoms with Gasteiger partial charge in [0.1, 0.15) is 0 Å². The van der Waals surface area contributed by atoms with Gasteiger partial charge in [-0.3, -0.25) is 0 Å². The monoisotopic (exact) mass is 144 g/mol. The molecular formula is C3H9FSe. The van der Waals surface area contributed by atoms with Crippen LogP contribution in [0.25, 0.3) is 0 Å². The molecule has 0 aliphatic heterocycles. The SMILES string of the molecule is C[Se](C)(C)F. The first kappa shape index (κ1) is 5.45. The molecule has 0 unspecified atom stereocenters. The zero-order valence-electron chi connectivity index (χ0n) is 3.79. The van der Waals surface area contributed by atoms with Crippen LogP contribution in [0.1, 0.15) is 0 Å². The van der Waals surface area contributed by atoms with E-state index in [1.807, 2.05) is 0 Å². The standard InChI is InChI=1S/C3H9FSe/c1-5(2,3)4/h1-3H3. The van der Waals surface area contributed by atoms with Crippen LogP contribution in [0.3, 0.4) is 0 Å². The summed E-state index contributed by atoms with van der Waals surface area (Å²) in [4.78, 5) is 0. The molecule has 0 saturated heterocycles. The van der Waals surface area contributed by atoms with Gasteiger partial charge in [0.2, 0.25) is 0 Å². The van der Waals surface area contributed by atoms with Crippen molar-refractivity contribution in [1.82, 2.24) is 0 Å². The summed E-state index contributed by atoms with van der Waals surface area (Å²) in [6, 6.07) is 0. The van der Waals surface area contributed by atoms with Crippen LogP contribution in [0.5, 0.6) is 0 Å². The van der Waals surface area contributed by atoms with E-state index < -0.39 is 13.3 Å². The van der Waals surface area contributed by atoms with Crippen LogP contribution in [0.15, 0.2) is 0 Å². The molecule has 34 valence electrons. The van der Waals surface area contributed by atoms with Crippen LogP contribution in [0.2, 0.25) is 17.5 Å². The zero-order valence-corrected chi connectivity index (χ0v) is 5.50. The van der Waals surface area contributed by atoms with Crippen molar-refractivity contribution in [3.05, 3.63) is 0 Å². The van der Waals surface area contributed by atoms with Gasteiger partial charge in [0.05, 0.1) is 0 Å². The third-order valence-electron chi connectivity index (χ3n) is 0. The number of hydrogen-bond donors (Lipinski definition) is 0. The Hall–Kier alpha value is 0.449. The Morgan fingerprint density at radius 3 is 1.20 bits per heavy atom. The van der Waals surface area contributed by atoms with Crippen molar-refractivity contribution in [1.29, 1.82) is 0 Å². The maximum absolute atomic E-state index is 11.8. The second-order valence-electron chi connectivity index (χ2n) is 1.69. The second kappa shape index (κ2) is 1.27. The quantitative estimate of drug-likeness (QED) is 0.453. The van der Waals surface area contributed by atoms with Gasteiger partial charge in [-0.25, -0.2) is 0 Å². The predicted molar refractivity (Wildman–Crippen MR) is 24.5 cm³/mol. The molecule has 0 spiro atoms. The van der Waals surface area contributed by atoms with E-state index in [4.69, 9.17) is 0 Å². The molecule has 0 aromatic rings. The van der Waals surface area contributed by atoms with Crippen molar-refractivity contribution in [3.8, 4) is 0 Å². The fourth-order valence-electron chi connectivity index (χ4n) is 0. The van der Waals surface area contributed by atoms with Gasteiger partial charge in [-0.15, -0.1) is 0 Å². The average molecular weight is 143 g/mol. The molecule has 0 nitrogen and oxygen atoms in total. The molecular weight excluding hydrogens is 134 g/mol. The second-order valence-corrected chi connectivity index (χ2v) is 8.77. The number of hydrogen-bond acceptors (Lipinski definition) is 0. The molecule has 0 aromatic heterocycles. The van der Waals surface area contributed by atoms with Gasteiger partial charge < -0.3 is 0 Å². The molecule has 0 aliphatic rings. The van der Waals surface area contributed by atoms with Crippen LogP contribution in [-0.4, -0.2) is 13.3 Å². The van der Waals surface area contributed by atoms with Crippen molar-refractivity contribution in [2.75, 3.05) is 0 Å². The van der Waals surface area contributed by atoms with Crippen LogP contribution >= 0.6 is 0 Å². The van der Waals surface area contributed by atoms with E-state index in [9.17, 15) is 3.55 Å². The third kappa shape index (κ3) is 132. The molecule has 0 radical (unpaired) electrons. The molecule has 0 fully saturated rings. The van der Waals surface area contributed by atoms with Crippen LogP contribution in [-0.2, 0) is 0 Å². The molecule has 0 aromatic carbocycles. The Morgan fingerprint density at radius 2 is 1.20 bits per heavy atom. The first-order chi connectivity index (χ1) is 2.00. The Labute approximate surface area is 35.1 Å². The summed E-state index contributed by atoms with van der Waals surface area (Å²) in [6.45, 7) is 0. The molecule has 0 aliphatic carbocycles. The molecule has 0 bridgehead atoms. The number of halogens is 1. The van der Waals surface area contributed by atoms with E-state index >= 15 is 0 Å². The fraction of sp³-hybridized carbons (Fsp3) is 1.00. The van der Waals surface area contributed by atoms with Gasteiger partial charge in [0, 0.05) is 0 Å². The Balaban J connectivity index is 3.02. The normalized spacial score (nSPS) is 15.2. The predicted octanol–water partition coefficient (Wildman–Crippen LogP) is 1.79. The Morgan fingerprint density at radius 1 is 1.20 bits per heavy atom. The average Bonchev–Trinajstić information content (AvgIpc) is 0.722. The zero-order chi connectivity index (χ0) is 4.50. The van der Waals surface area contributed by atoms with Gasteiger partial charge in [0.15, 0.2) is 0 Å².